The molecule has 3 nitrogen and oxygen atoms in total. The molecule has 0 spiro atoms. The van der Waals surface area contributed by atoms with Gasteiger partial charge in [-0.2, -0.15) is 0 Å². The fourth-order valence-corrected chi connectivity index (χ4v) is 3.90. The zero-order chi connectivity index (χ0) is 15.3. The van der Waals surface area contributed by atoms with Gasteiger partial charge in [-0.05, 0) is 37.2 Å². The van der Waals surface area contributed by atoms with Gasteiger partial charge < -0.3 is 15.2 Å². The fraction of sp³-hybridized carbons (Fsp3) is 0.684. The van der Waals surface area contributed by atoms with Crippen LogP contribution in [0.1, 0.15) is 44.1 Å². The highest BCUT2D eigenvalue weighted by Crippen LogP contribution is 2.30. The molecule has 1 aliphatic carbocycles. The number of ether oxygens (including phenoxy) is 1. The largest absolute Gasteiger partial charge is 0.388 e. The van der Waals surface area contributed by atoms with Crippen LogP contribution in [-0.4, -0.2) is 36.5 Å². The summed E-state index contributed by atoms with van der Waals surface area (Å²) < 4.78 is 5.36. The molecule has 0 aromatic heterocycles. The minimum Gasteiger partial charge on any atom is -0.388 e. The van der Waals surface area contributed by atoms with E-state index in [0.29, 0.717) is 19.3 Å². The van der Waals surface area contributed by atoms with Crippen LogP contribution in [0.25, 0.3) is 0 Å². The second kappa shape index (κ2) is 7.58. The van der Waals surface area contributed by atoms with Gasteiger partial charge in [0.1, 0.15) is 0 Å². The molecular weight excluding hydrogens is 274 g/mol. The van der Waals surface area contributed by atoms with E-state index in [0.717, 1.165) is 25.3 Å². The zero-order valence-electron chi connectivity index (χ0n) is 13.5. The van der Waals surface area contributed by atoms with Crippen LogP contribution in [0.2, 0.25) is 0 Å². The van der Waals surface area contributed by atoms with E-state index in [9.17, 15) is 5.11 Å². The van der Waals surface area contributed by atoms with Crippen molar-refractivity contribution in [2.24, 2.45) is 5.92 Å². The molecule has 2 atom stereocenters. The van der Waals surface area contributed by atoms with Gasteiger partial charge in [0.05, 0.1) is 5.60 Å². The lowest BCUT2D eigenvalue weighted by molar-refractivity contribution is -0.0632. The quantitative estimate of drug-likeness (QED) is 0.849. The molecule has 2 fully saturated rings. The highest BCUT2D eigenvalue weighted by molar-refractivity contribution is 5.14. The number of hydrogen-bond acceptors (Lipinski definition) is 3. The molecule has 1 saturated carbocycles. The maximum atomic E-state index is 10.6. The molecule has 1 aliphatic heterocycles. The van der Waals surface area contributed by atoms with Crippen molar-refractivity contribution in [1.29, 1.82) is 0 Å². The van der Waals surface area contributed by atoms with Crippen LogP contribution in [0.3, 0.4) is 0 Å². The maximum Gasteiger partial charge on any atom is 0.0815 e. The molecule has 1 aromatic carbocycles. The van der Waals surface area contributed by atoms with Crippen molar-refractivity contribution in [2.45, 2.75) is 56.6 Å². The van der Waals surface area contributed by atoms with Gasteiger partial charge in [0.25, 0.3) is 0 Å². The second-order valence-electron chi connectivity index (χ2n) is 7.04. The summed E-state index contributed by atoms with van der Waals surface area (Å²) in [4.78, 5) is 0. The average molecular weight is 303 g/mol. The predicted molar refractivity (Wildman–Crippen MR) is 88.9 cm³/mol. The van der Waals surface area contributed by atoms with Gasteiger partial charge in [0, 0.05) is 38.6 Å². The lowest BCUT2D eigenvalue weighted by Gasteiger charge is -2.34. The minimum atomic E-state index is -0.551. The topological polar surface area (TPSA) is 41.5 Å². The molecular formula is C19H29NO2. The normalized spacial score (nSPS) is 27.9. The van der Waals surface area contributed by atoms with E-state index in [1.807, 2.05) is 0 Å². The number of rotatable bonds is 6. The molecule has 2 unspecified atom stereocenters. The van der Waals surface area contributed by atoms with E-state index >= 15 is 0 Å². The standard InChI is InChI=1S/C19H29NO2/c21-19(11-13-22-14-12-19)15-20-18-8-4-7-17(18)10-9-16-5-2-1-3-6-16/h1-3,5-6,17-18,20-21H,4,7-15H2. The van der Waals surface area contributed by atoms with Gasteiger partial charge in [-0.25, -0.2) is 0 Å². The summed E-state index contributed by atoms with van der Waals surface area (Å²) in [7, 11) is 0. The van der Waals surface area contributed by atoms with Crippen molar-refractivity contribution >= 4 is 0 Å². The van der Waals surface area contributed by atoms with Crippen molar-refractivity contribution in [3.05, 3.63) is 35.9 Å². The Morgan fingerprint density at radius 2 is 1.91 bits per heavy atom. The first-order valence-electron chi connectivity index (χ1n) is 8.83. The van der Waals surface area contributed by atoms with E-state index in [-0.39, 0.29) is 0 Å². The fourth-order valence-electron chi connectivity index (χ4n) is 3.90. The summed E-state index contributed by atoms with van der Waals surface area (Å²) in [6, 6.07) is 11.4. The third-order valence-corrected chi connectivity index (χ3v) is 5.42. The summed E-state index contributed by atoms with van der Waals surface area (Å²) in [6.45, 7) is 2.11. The number of aryl methyl sites for hydroxylation is 1. The summed E-state index contributed by atoms with van der Waals surface area (Å²) in [5, 5.41) is 14.3. The molecule has 122 valence electrons. The Kier molecular flexibility index (Phi) is 5.51. The van der Waals surface area contributed by atoms with Crippen LogP contribution in [-0.2, 0) is 11.2 Å². The summed E-state index contributed by atoms with van der Waals surface area (Å²) in [6.07, 6.45) is 7.85. The van der Waals surface area contributed by atoms with Crippen molar-refractivity contribution in [3.63, 3.8) is 0 Å². The lowest BCUT2D eigenvalue weighted by atomic mass is 9.91. The molecule has 2 N–H and O–H groups in total. The second-order valence-corrected chi connectivity index (χ2v) is 7.04. The number of benzene rings is 1. The minimum absolute atomic E-state index is 0.551. The molecule has 1 saturated heterocycles. The van der Waals surface area contributed by atoms with Crippen LogP contribution in [0.15, 0.2) is 30.3 Å². The summed E-state index contributed by atoms with van der Waals surface area (Å²) in [5.74, 6) is 0.753. The van der Waals surface area contributed by atoms with E-state index in [2.05, 4.69) is 35.6 Å². The Balaban J connectivity index is 1.46. The van der Waals surface area contributed by atoms with Crippen LogP contribution in [0.4, 0.5) is 0 Å². The van der Waals surface area contributed by atoms with E-state index in [1.54, 1.807) is 0 Å². The summed E-state index contributed by atoms with van der Waals surface area (Å²) >= 11 is 0. The number of aliphatic hydroxyl groups is 1. The van der Waals surface area contributed by atoms with E-state index < -0.39 is 5.60 Å². The lowest BCUT2D eigenvalue weighted by Crippen LogP contribution is -2.48. The molecule has 0 radical (unpaired) electrons. The molecule has 1 heterocycles. The molecule has 22 heavy (non-hydrogen) atoms. The highest BCUT2D eigenvalue weighted by atomic mass is 16.5. The number of hydrogen-bond donors (Lipinski definition) is 2. The molecule has 2 aliphatic rings. The Morgan fingerprint density at radius 1 is 1.14 bits per heavy atom. The third kappa shape index (κ3) is 4.31. The molecule has 0 amide bonds. The Morgan fingerprint density at radius 3 is 2.68 bits per heavy atom. The van der Waals surface area contributed by atoms with Gasteiger partial charge in [0.2, 0.25) is 0 Å². The molecule has 1 aromatic rings. The Hall–Kier alpha value is -0.900. The third-order valence-electron chi connectivity index (χ3n) is 5.42. The average Bonchev–Trinajstić information content (AvgIpc) is 3.00. The van der Waals surface area contributed by atoms with Gasteiger partial charge in [-0.15, -0.1) is 0 Å². The molecule has 0 bridgehead atoms. The first-order chi connectivity index (χ1) is 10.8. The number of nitrogens with one attached hydrogen (secondary N) is 1. The SMILES string of the molecule is OC1(CNC2CCCC2CCc2ccccc2)CCOCC1. The van der Waals surface area contributed by atoms with Crippen LogP contribution >= 0.6 is 0 Å². The Bertz CT molecular complexity index is 442. The zero-order valence-corrected chi connectivity index (χ0v) is 13.5. The Labute approximate surface area is 134 Å². The highest BCUT2D eigenvalue weighted by Gasteiger charge is 2.33. The van der Waals surface area contributed by atoms with E-state index in [4.69, 9.17) is 4.74 Å². The molecule has 3 rings (SSSR count). The van der Waals surface area contributed by atoms with Gasteiger partial charge in [0.15, 0.2) is 0 Å². The van der Waals surface area contributed by atoms with Crippen molar-refractivity contribution in [2.75, 3.05) is 19.8 Å². The van der Waals surface area contributed by atoms with Crippen molar-refractivity contribution in [1.82, 2.24) is 5.32 Å². The van der Waals surface area contributed by atoms with Crippen LogP contribution < -0.4 is 5.32 Å². The molecule has 3 heteroatoms. The maximum absolute atomic E-state index is 10.6. The first kappa shape index (κ1) is 16.0. The van der Waals surface area contributed by atoms with Gasteiger partial charge >= 0.3 is 0 Å². The van der Waals surface area contributed by atoms with Crippen LogP contribution in [0, 0.1) is 5.92 Å². The van der Waals surface area contributed by atoms with Gasteiger partial charge in [-0.3, -0.25) is 0 Å². The van der Waals surface area contributed by atoms with Crippen molar-refractivity contribution < 1.29 is 9.84 Å². The van der Waals surface area contributed by atoms with E-state index in [1.165, 1.54) is 37.7 Å². The first-order valence-corrected chi connectivity index (χ1v) is 8.83. The van der Waals surface area contributed by atoms with Gasteiger partial charge in [-0.1, -0.05) is 36.8 Å². The van der Waals surface area contributed by atoms with Crippen molar-refractivity contribution in [3.8, 4) is 0 Å². The monoisotopic (exact) mass is 303 g/mol. The smallest absolute Gasteiger partial charge is 0.0815 e. The van der Waals surface area contributed by atoms with Crippen LogP contribution in [0.5, 0.6) is 0 Å². The predicted octanol–water partition coefficient (Wildman–Crippen LogP) is 2.92. The summed E-state index contributed by atoms with van der Waals surface area (Å²) in [5.41, 5.74) is 0.890.